The number of esters is 3. The van der Waals surface area contributed by atoms with Gasteiger partial charge < -0.3 is 23.7 Å². The lowest BCUT2D eigenvalue weighted by molar-refractivity contribution is -0.174. The Hall–Kier alpha value is -1.67. The normalized spacial score (nSPS) is 50.2. The number of hydrogen-bond acceptors (Lipinski definition) is 8. The molecule has 0 aromatic rings. The van der Waals surface area contributed by atoms with Gasteiger partial charge >= 0.3 is 17.9 Å². The standard InChI is InChI=1S/C28H40O8/c1-6-32-24(31)13-22(34-16(3)30)28-23(36-28)12-20-18-11-21-27(35-21)14-17(33-15(2)29)7-9-25(27,4)19(18)8-10-26(20,28)5/h17-23H,6-14H2,1-5H3/t17?,18-,19+,20+,21+,22?,23-,25-,26+,27+,28-/m1/s1. The van der Waals surface area contributed by atoms with E-state index in [1.165, 1.54) is 13.8 Å². The van der Waals surface area contributed by atoms with Gasteiger partial charge in [-0.3, -0.25) is 14.4 Å². The van der Waals surface area contributed by atoms with Crippen molar-refractivity contribution < 1.29 is 38.1 Å². The molecule has 0 N–H and O–H groups in total. The van der Waals surface area contributed by atoms with E-state index in [1.807, 2.05) is 0 Å². The molecule has 0 radical (unpaired) electrons. The highest BCUT2D eigenvalue weighted by atomic mass is 16.7. The molecule has 0 aromatic carbocycles. The van der Waals surface area contributed by atoms with Crippen molar-refractivity contribution in [3.63, 3.8) is 0 Å². The Kier molecular flexibility index (Phi) is 5.42. The van der Waals surface area contributed by atoms with Crippen LogP contribution in [0.15, 0.2) is 0 Å². The van der Waals surface area contributed by atoms with E-state index in [2.05, 4.69) is 13.8 Å². The smallest absolute Gasteiger partial charge is 0.309 e. The molecule has 200 valence electrons. The van der Waals surface area contributed by atoms with Crippen molar-refractivity contribution in [2.75, 3.05) is 6.61 Å². The molecule has 0 aromatic heterocycles. The maximum absolute atomic E-state index is 12.5. The average molecular weight is 505 g/mol. The summed E-state index contributed by atoms with van der Waals surface area (Å²) in [5.74, 6) is 0.534. The Labute approximate surface area is 213 Å². The maximum atomic E-state index is 12.5. The van der Waals surface area contributed by atoms with Crippen LogP contribution in [-0.2, 0) is 38.1 Å². The van der Waals surface area contributed by atoms with Crippen LogP contribution in [0.5, 0.6) is 0 Å². The number of fused-ring (bicyclic) bond motifs is 6. The highest BCUT2D eigenvalue weighted by molar-refractivity contribution is 5.72. The van der Waals surface area contributed by atoms with E-state index in [-0.39, 0.29) is 59.1 Å². The van der Waals surface area contributed by atoms with E-state index >= 15 is 0 Å². The van der Waals surface area contributed by atoms with Crippen LogP contribution >= 0.6 is 0 Å². The van der Waals surface area contributed by atoms with E-state index < -0.39 is 11.7 Å². The van der Waals surface area contributed by atoms with Gasteiger partial charge in [-0.05, 0) is 63.2 Å². The fourth-order valence-electron chi connectivity index (χ4n) is 9.88. The van der Waals surface area contributed by atoms with Gasteiger partial charge in [0.2, 0.25) is 0 Å². The molecule has 2 unspecified atom stereocenters. The van der Waals surface area contributed by atoms with Crippen molar-refractivity contribution in [3.8, 4) is 0 Å². The minimum Gasteiger partial charge on any atom is -0.466 e. The number of ether oxygens (including phenoxy) is 5. The molecule has 11 atom stereocenters. The largest absolute Gasteiger partial charge is 0.466 e. The van der Waals surface area contributed by atoms with Crippen LogP contribution in [0.3, 0.4) is 0 Å². The highest BCUT2D eigenvalue weighted by Gasteiger charge is 2.83. The zero-order chi connectivity index (χ0) is 25.7. The monoisotopic (exact) mass is 504 g/mol. The summed E-state index contributed by atoms with van der Waals surface area (Å²) in [7, 11) is 0. The van der Waals surface area contributed by atoms with Crippen molar-refractivity contribution in [2.24, 2.45) is 28.6 Å². The van der Waals surface area contributed by atoms with E-state index in [4.69, 9.17) is 23.7 Å². The van der Waals surface area contributed by atoms with E-state index in [0.29, 0.717) is 24.4 Å². The number of epoxide rings is 2. The molecule has 4 saturated carbocycles. The van der Waals surface area contributed by atoms with Crippen LogP contribution in [-0.4, -0.2) is 60.1 Å². The number of carbonyl (C=O) groups excluding carboxylic acids is 3. The second-order valence-electron chi connectivity index (χ2n) is 12.7. The summed E-state index contributed by atoms with van der Waals surface area (Å²) in [5.41, 5.74) is -0.890. The Balaban J connectivity index is 1.26. The van der Waals surface area contributed by atoms with Crippen LogP contribution < -0.4 is 0 Å². The first kappa shape index (κ1) is 24.7. The molecule has 0 bridgehead atoms. The third kappa shape index (κ3) is 3.15. The van der Waals surface area contributed by atoms with Crippen LogP contribution in [0.2, 0.25) is 0 Å². The van der Waals surface area contributed by atoms with Gasteiger partial charge in [0.25, 0.3) is 0 Å². The van der Waals surface area contributed by atoms with Crippen LogP contribution in [0.25, 0.3) is 0 Å². The lowest BCUT2D eigenvalue weighted by Gasteiger charge is -2.60. The first-order chi connectivity index (χ1) is 17.0. The Morgan fingerprint density at radius 2 is 1.69 bits per heavy atom. The maximum Gasteiger partial charge on any atom is 0.309 e. The summed E-state index contributed by atoms with van der Waals surface area (Å²) in [6.07, 6.45) is 6.27. The first-order valence-corrected chi connectivity index (χ1v) is 13.9. The fourth-order valence-corrected chi connectivity index (χ4v) is 9.88. The molecule has 36 heavy (non-hydrogen) atoms. The van der Waals surface area contributed by atoms with Gasteiger partial charge in [0, 0.05) is 31.1 Å². The van der Waals surface area contributed by atoms with Crippen molar-refractivity contribution in [1.29, 1.82) is 0 Å². The lowest BCUT2D eigenvalue weighted by atomic mass is 9.44. The molecule has 4 aliphatic carbocycles. The number of carbonyl (C=O) groups is 3. The second kappa shape index (κ2) is 7.92. The van der Waals surface area contributed by atoms with Crippen molar-refractivity contribution in [3.05, 3.63) is 0 Å². The van der Waals surface area contributed by atoms with E-state index in [1.54, 1.807) is 6.92 Å². The quantitative estimate of drug-likeness (QED) is 0.306. The Morgan fingerprint density at radius 1 is 0.944 bits per heavy atom. The predicted octanol–water partition coefficient (Wildman–Crippen LogP) is 3.72. The summed E-state index contributed by atoms with van der Waals surface area (Å²) in [6, 6.07) is 0. The lowest BCUT2D eigenvalue weighted by Crippen LogP contribution is -2.61. The van der Waals surface area contributed by atoms with Gasteiger partial charge in [-0.25, -0.2) is 0 Å². The minimum absolute atomic E-state index is 0.00402. The third-order valence-corrected chi connectivity index (χ3v) is 11.3. The molecule has 8 nitrogen and oxygen atoms in total. The predicted molar refractivity (Wildman–Crippen MR) is 127 cm³/mol. The van der Waals surface area contributed by atoms with E-state index in [9.17, 15) is 14.4 Å². The Morgan fingerprint density at radius 3 is 2.39 bits per heavy atom. The van der Waals surface area contributed by atoms with Gasteiger partial charge in [0.1, 0.15) is 23.4 Å². The SMILES string of the molecule is CCOC(=O)CC(OC(C)=O)[C@@]12O[C@@H]1C[C@H]1[C@@H]3C[C@@H]4O[C@@]45CC(OC(C)=O)CC[C@]5(C)[C@H]3CC[C@@]12C. The van der Waals surface area contributed by atoms with Crippen molar-refractivity contribution in [1.82, 2.24) is 0 Å². The van der Waals surface area contributed by atoms with Gasteiger partial charge in [-0.2, -0.15) is 0 Å². The molecular formula is C28H40O8. The van der Waals surface area contributed by atoms with Gasteiger partial charge in [0.05, 0.1) is 25.2 Å². The Bertz CT molecular complexity index is 981. The molecule has 1 spiro atoms. The summed E-state index contributed by atoms with van der Waals surface area (Å²) >= 11 is 0. The van der Waals surface area contributed by atoms with E-state index in [0.717, 1.165) is 44.9 Å². The van der Waals surface area contributed by atoms with Gasteiger partial charge in [-0.15, -0.1) is 0 Å². The molecule has 6 fully saturated rings. The van der Waals surface area contributed by atoms with Crippen LogP contribution in [0.4, 0.5) is 0 Å². The molecule has 0 amide bonds. The topological polar surface area (TPSA) is 104 Å². The molecular weight excluding hydrogens is 464 g/mol. The zero-order valence-electron chi connectivity index (χ0n) is 22.2. The van der Waals surface area contributed by atoms with Gasteiger partial charge in [-0.1, -0.05) is 13.8 Å². The van der Waals surface area contributed by atoms with Crippen LogP contribution in [0, 0.1) is 28.6 Å². The average Bonchev–Trinajstić information content (AvgIpc) is 3.67. The molecule has 6 aliphatic rings. The van der Waals surface area contributed by atoms with Crippen molar-refractivity contribution >= 4 is 17.9 Å². The van der Waals surface area contributed by atoms with Crippen LogP contribution in [0.1, 0.15) is 86.0 Å². The van der Waals surface area contributed by atoms with Gasteiger partial charge in [0.15, 0.2) is 0 Å². The molecule has 2 aliphatic heterocycles. The molecule has 6 rings (SSSR count). The molecule has 2 saturated heterocycles. The third-order valence-electron chi connectivity index (χ3n) is 11.3. The van der Waals surface area contributed by atoms with Crippen molar-refractivity contribution in [2.45, 2.75) is 122 Å². The highest BCUT2D eigenvalue weighted by Crippen LogP contribution is 2.78. The molecule has 2 heterocycles. The zero-order valence-corrected chi connectivity index (χ0v) is 22.2. The minimum atomic E-state index is -0.625. The summed E-state index contributed by atoms with van der Waals surface area (Å²) in [5, 5.41) is 0. The second-order valence-corrected chi connectivity index (χ2v) is 12.7. The summed E-state index contributed by atoms with van der Waals surface area (Å²) in [4.78, 5) is 36.1. The number of hydrogen-bond donors (Lipinski definition) is 0. The first-order valence-electron chi connectivity index (χ1n) is 13.9. The summed E-state index contributed by atoms with van der Waals surface area (Å²) < 4.78 is 29.6. The fraction of sp³-hybridized carbons (Fsp3) is 0.893. The number of rotatable bonds is 6. The summed E-state index contributed by atoms with van der Waals surface area (Å²) in [6.45, 7) is 9.69. The molecule has 8 heteroatoms.